The van der Waals surface area contributed by atoms with Crippen LogP contribution in [0, 0.1) is 17.3 Å². The molecule has 4 rings (SSSR count). The van der Waals surface area contributed by atoms with Gasteiger partial charge in [0.05, 0.1) is 0 Å². The van der Waals surface area contributed by atoms with Crippen LogP contribution in [-0.2, 0) is 0 Å². The molecule has 1 nitrogen and oxygen atoms in total. The van der Waals surface area contributed by atoms with E-state index in [0.717, 1.165) is 18.4 Å². The molecule has 0 heterocycles. The summed E-state index contributed by atoms with van der Waals surface area (Å²) in [5, 5.41) is 0. The standard InChI is InChI=1S/C12H20ClN/c13-12-2-1-11(8-14)4-9(6-12)3-10(5-11)7-12/h9-10H,1-8,14H2. The smallest absolute Gasteiger partial charge is 0.0452 e. The predicted molar refractivity (Wildman–Crippen MR) is 59.4 cm³/mol. The fourth-order valence-corrected chi connectivity index (χ4v) is 5.07. The number of rotatable bonds is 1. The maximum absolute atomic E-state index is 6.71. The highest BCUT2D eigenvalue weighted by Crippen LogP contribution is 2.59. The summed E-state index contributed by atoms with van der Waals surface area (Å²) in [6.45, 7) is 0.896. The molecular weight excluding hydrogens is 194 g/mol. The minimum atomic E-state index is 0.168. The third-order valence-electron chi connectivity index (χ3n) is 4.96. The Hall–Kier alpha value is 0.250. The molecule has 4 saturated carbocycles. The molecule has 0 saturated heterocycles. The van der Waals surface area contributed by atoms with Gasteiger partial charge < -0.3 is 5.73 Å². The van der Waals surface area contributed by atoms with Gasteiger partial charge in [0.15, 0.2) is 0 Å². The van der Waals surface area contributed by atoms with Crippen LogP contribution < -0.4 is 5.73 Å². The quantitative estimate of drug-likeness (QED) is 0.666. The second kappa shape index (κ2) is 2.89. The lowest BCUT2D eigenvalue weighted by Gasteiger charge is -2.46. The molecule has 0 amide bonds. The summed E-state index contributed by atoms with van der Waals surface area (Å²) in [7, 11) is 0. The van der Waals surface area contributed by atoms with Crippen molar-refractivity contribution in [1.29, 1.82) is 0 Å². The molecule has 0 radical (unpaired) electrons. The van der Waals surface area contributed by atoms with Crippen LogP contribution in [0.4, 0.5) is 0 Å². The summed E-state index contributed by atoms with van der Waals surface area (Å²) < 4.78 is 0. The number of hydrogen-bond donors (Lipinski definition) is 1. The Balaban J connectivity index is 1.96. The monoisotopic (exact) mass is 213 g/mol. The lowest BCUT2D eigenvalue weighted by atomic mass is 9.61. The summed E-state index contributed by atoms with van der Waals surface area (Å²) in [5.41, 5.74) is 6.48. The molecule has 14 heavy (non-hydrogen) atoms. The number of nitrogens with two attached hydrogens (primary N) is 1. The van der Waals surface area contributed by atoms with E-state index in [2.05, 4.69) is 0 Å². The first kappa shape index (κ1) is 9.47. The molecule has 80 valence electrons. The molecule has 4 fully saturated rings. The van der Waals surface area contributed by atoms with Gasteiger partial charge in [-0.25, -0.2) is 0 Å². The molecule has 4 aliphatic rings. The van der Waals surface area contributed by atoms with E-state index in [0.29, 0.717) is 5.41 Å². The first-order chi connectivity index (χ1) is 6.63. The van der Waals surface area contributed by atoms with Crippen LogP contribution in [0.3, 0.4) is 0 Å². The van der Waals surface area contributed by atoms with Gasteiger partial charge in [0.25, 0.3) is 0 Å². The van der Waals surface area contributed by atoms with E-state index in [4.69, 9.17) is 17.3 Å². The van der Waals surface area contributed by atoms with Gasteiger partial charge in [-0.2, -0.15) is 0 Å². The minimum Gasteiger partial charge on any atom is -0.330 e. The van der Waals surface area contributed by atoms with Crippen molar-refractivity contribution in [3.8, 4) is 0 Å². The number of alkyl halides is 1. The Bertz CT molecular complexity index is 237. The van der Waals surface area contributed by atoms with Crippen LogP contribution in [0.15, 0.2) is 0 Å². The van der Waals surface area contributed by atoms with Crippen molar-refractivity contribution in [2.75, 3.05) is 6.54 Å². The maximum Gasteiger partial charge on any atom is 0.0452 e. The molecule has 0 aromatic heterocycles. The van der Waals surface area contributed by atoms with Crippen molar-refractivity contribution in [3.63, 3.8) is 0 Å². The summed E-state index contributed by atoms with van der Waals surface area (Å²) in [5.74, 6) is 1.79. The Morgan fingerprint density at radius 1 is 1.07 bits per heavy atom. The van der Waals surface area contributed by atoms with E-state index < -0.39 is 0 Å². The van der Waals surface area contributed by atoms with Gasteiger partial charge in [0.1, 0.15) is 0 Å². The number of fused-ring (bicyclic) bond motifs is 1. The summed E-state index contributed by atoms with van der Waals surface area (Å²) in [4.78, 5) is 0.168. The summed E-state index contributed by atoms with van der Waals surface area (Å²) in [6, 6.07) is 0. The van der Waals surface area contributed by atoms with Gasteiger partial charge in [-0.1, -0.05) is 0 Å². The van der Waals surface area contributed by atoms with Gasteiger partial charge in [-0.3, -0.25) is 0 Å². The van der Waals surface area contributed by atoms with Crippen molar-refractivity contribution in [2.45, 2.75) is 49.8 Å². The Kier molecular flexibility index (Phi) is 1.95. The van der Waals surface area contributed by atoms with E-state index in [-0.39, 0.29) is 4.87 Å². The largest absolute Gasteiger partial charge is 0.330 e. The van der Waals surface area contributed by atoms with E-state index in [1.165, 1.54) is 44.9 Å². The van der Waals surface area contributed by atoms with Gasteiger partial charge in [0, 0.05) is 4.87 Å². The van der Waals surface area contributed by atoms with Crippen LogP contribution in [0.2, 0.25) is 0 Å². The summed E-state index contributed by atoms with van der Waals surface area (Å²) in [6.07, 6.45) is 9.23. The van der Waals surface area contributed by atoms with E-state index >= 15 is 0 Å². The van der Waals surface area contributed by atoms with Crippen molar-refractivity contribution in [2.24, 2.45) is 23.0 Å². The number of halogens is 1. The van der Waals surface area contributed by atoms with E-state index in [9.17, 15) is 0 Å². The zero-order valence-corrected chi connectivity index (χ0v) is 9.52. The lowest BCUT2D eigenvalue weighted by Crippen LogP contribution is -2.41. The van der Waals surface area contributed by atoms with Gasteiger partial charge in [0.2, 0.25) is 0 Å². The average Bonchev–Trinajstić information content (AvgIpc) is 2.28. The van der Waals surface area contributed by atoms with E-state index in [1.807, 2.05) is 0 Å². The van der Waals surface area contributed by atoms with Gasteiger partial charge in [-0.15, -0.1) is 11.6 Å². The predicted octanol–water partition coefficient (Wildman–Crippen LogP) is 2.91. The highest BCUT2D eigenvalue weighted by atomic mass is 35.5. The second-order valence-corrected chi connectivity index (χ2v) is 6.94. The zero-order valence-electron chi connectivity index (χ0n) is 8.77. The Morgan fingerprint density at radius 3 is 2.29 bits per heavy atom. The van der Waals surface area contributed by atoms with Crippen LogP contribution >= 0.6 is 11.6 Å². The Morgan fingerprint density at radius 2 is 1.71 bits per heavy atom. The molecular formula is C12H20ClN. The molecule has 0 aliphatic heterocycles. The molecule has 2 N–H and O–H groups in total. The molecule has 0 aromatic rings. The van der Waals surface area contributed by atoms with Crippen LogP contribution in [0.1, 0.15) is 44.9 Å². The molecule has 2 unspecified atom stereocenters. The van der Waals surface area contributed by atoms with Crippen molar-refractivity contribution >= 4 is 11.6 Å². The highest BCUT2D eigenvalue weighted by Gasteiger charge is 2.51. The van der Waals surface area contributed by atoms with Crippen molar-refractivity contribution < 1.29 is 0 Å². The highest BCUT2D eigenvalue weighted by molar-refractivity contribution is 6.24. The van der Waals surface area contributed by atoms with Crippen LogP contribution in [0.5, 0.6) is 0 Å². The molecule has 4 aliphatic carbocycles. The Labute approximate surface area is 91.4 Å². The third-order valence-corrected chi connectivity index (χ3v) is 5.45. The molecule has 4 bridgehead atoms. The molecule has 0 spiro atoms. The van der Waals surface area contributed by atoms with Crippen LogP contribution in [0.25, 0.3) is 0 Å². The third kappa shape index (κ3) is 1.32. The SMILES string of the molecule is NCC12CCC3(Cl)CC(CC(C3)C1)C2. The molecule has 2 atom stereocenters. The van der Waals surface area contributed by atoms with Crippen LogP contribution in [-0.4, -0.2) is 11.4 Å². The topological polar surface area (TPSA) is 26.0 Å². The average molecular weight is 214 g/mol. The fraction of sp³-hybridized carbons (Fsp3) is 1.00. The first-order valence-corrected chi connectivity index (χ1v) is 6.40. The van der Waals surface area contributed by atoms with Crippen molar-refractivity contribution in [3.05, 3.63) is 0 Å². The molecule has 0 aromatic carbocycles. The fourth-order valence-electron chi connectivity index (χ4n) is 4.54. The maximum atomic E-state index is 6.71. The normalized spacial score (nSPS) is 56.1. The van der Waals surface area contributed by atoms with Gasteiger partial charge in [-0.05, 0) is 68.7 Å². The first-order valence-electron chi connectivity index (χ1n) is 6.02. The van der Waals surface area contributed by atoms with E-state index in [1.54, 1.807) is 0 Å². The number of hydrogen-bond acceptors (Lipinski definition) is 1. The van der Waals surface area contributed by atoms with Gasteiger partial charge >= 0.3 is 0 Å². The van der Waals surface area contributed by atoms with Crippen molar-refractivity contribution in [1.82, 2.24) is 0 Å². The summed E-state index contributed by atoms with van der Waals surface area (Å²) >= 11 is 6.71. The lowest BCUT2D eigenvalue weighted by molar-refractivity contribution is 0.0769. The minimum absolute atomic E-state index is 0.168. The molecule has 2 heteroatoms. The zero-order chi connectivity index (χ0) is 9.81. The second-order valence-electron chi connectivity index (χ2n) is 6.14.